The Bertz CT molecular complexity index is 1270. The van der Waals surface area contributed by atoms with Gasteiger partial charge in [-0.25, -0.2) is 13.8 Å². The maximum atomic E-state index is 14.9. The van der Waals surface area contributed by atoms with E-state index in [4.69, 9.17) is 10.5 Å². The zero-order valence-electron chi connectivity index (χ0n) is 20.8. The average molecular weight is 513 g/mol. The monoisotopic (exact) mass is 512 g/mol. The van der Waals surface area contributed by atoms with E-state index < -0.39 is 46.7 Å². The van der Waals surface area contributed by atoms with Crippen LogP contribution in [0.25, 0.3) is 11.3 Å². The Morgan fingerprint density at radius 1 is 1.19 bits per heavy atom. The Morgan fingerprint density at radius 2 is 1.95 bits per heavy atom. The van der Waals surface area contributed by atoms with E-state index in [0.29, 0.717) is 18.5 Å². The molecule has 1 aliphatic carbocycles. The molecular formula is C27H30F2N4O4. The lowest BCUT2D eigenvalue weighted by molar-refractivity contribution is 0.0521. The Kier molecular flexibility index (Phi) is 7.70. The average Bonchev–Trinajstić information content (AvgIpc) is 2.82. The molecule has 0 saturated heterocycles. The number of pyridine rings is 2. The summed E-state index contributed by atoms with van der Waals surface area (Å²) in [6, 6.07) is 5.74. The molecule has 1 amide bonds. The smallest absolute Gasteiger partial charge is 0.274 e. The van der Waals surface area contributed by atoms with Crippen LogP contribution >= 0.6 is 0 Å². The summed E-state index contributed by atoms with van der Waals surface area (Å²) in [6.45, 7) is 5.41. The molecule has 0 bridgehead atoms. The predicted octanol–water partition coefficient (Wildman–Crippen LogP) is 4.37. The molecule has 4 atom stereocenters. The Balaban J connectivity index is 1.62. The Hall–Kier alpha value is -3.63. The van der Waals surface area contributed by atoms with Gasteiger partial charge in [-0.3, -0.25) is 9.78 Å². The van der Waals surface area contributed by atoms with Crippen LogP contribution in [0.3, 0.4) is 0 Å². The molecule has 2 aromatic heterocycles. The highest BCUT2D eigenvalue weighted by atomic mass is 19.1. The number of halogens is 2. The van der Waals surface area contributed by atoms with Crippen LogP contribution < -0.4 is 15.8 Å². The number of nitrogens with one attached hydrogen (secondary N) is 1. The van der Waals surface area contributed by atoms with Crippen LogP contribution in [-0.4, -0.2) is 44.3 Å². The molecule has 0 aliphatic heterocycles. The second-order valence-electron chi connectivity index (χ2n) is 9.71. The first-order valence-electron chi connectivity index (χ1n) is 12.1. The van der Waals surface area contributed by atoms with E-state index in [1.54, 1.807) is 26.1 Å². The van der Waals surface area contributed by atoms with Crippen molar-refractivity contribution >= 4 is 11.6 Å². The van der Waals surface area contributed by atoms with Crippen molar-refractivity contribution in [3.8, 4) is 22.8 Å². The molecule has 0 spiro atoms. The van der Waals surface area contributed by atoms with Gasteiger partial charge in [-0.2, -0.15) is 0 Å². The number of aliphatic hydroxyl groups is 1. The van der Waals surface area contributed by atoms with Crippen LogP contribution in [0.15, 0.2) is 42.7 Å². The highest BCUT2D eigenvalue weighted by Gasteiger charge is 2.34. The number of anilines is 1. The molecule has 4 rings (SSSR count). The minimum atomic E-state index is -0.945. The number of nitrogens with zero attached hydrogens (tertiary/aromatic N) is 2. The maximum absolute atomic E-state index is 14.9. The van der Waals surface area contributed by atoms with Crippen LogP contribution in [0.2, 0.25) is 0 Å². The summed E-state index contributed by atoms with van der Waals surface area (Å²) >= 11 is 0. The van der Waals surface area contributed by atoms with Gasteiger partial charge in [0.25, 0.3) is 5.91 Å². The SMILES string of the molecule is CC(C)Oc1cc(O)c(-c2nc(C(=O)Nc3cnccc3[C@H]3C[C@@H](N)[C@@H](O)[C@@H](C)C3)ccc2F)c(F)c1. The minimum Gasteiger partial charge on any atom is -0.507 e. The third kappa shape index (κ3) is 5.70. The van der Waals surface area contributed by atoms with E-state index in [1.165, 1.54) is 18.3 Å². The summed E-state index contributed by atoms with van der Waals surface area (Å²) in [5.41, 5.74) is 6.20. The van der Waals surface area contributed by atoms with Gasteiger partial charge in [0.1, 0.15) is 34.5 Å². The lowest BCUT2D eigenvalue weighted by Gasteiger charge is -2.36. The highest BCUT2D eigenvalue weighted by Crippen LogP contribution is 2.39. The van der Waals surface area contributed by atoms with E-state index in [9.17, 15) is 23.8 Å². The minimum absolute atomic E-state index is 0.0129. The number of phenolic OH excluding ortho intramolecular Hbond substituents is 1. The Morgan fingerprint density at radius 3 is 2.62 bits per heavy atom. The molecule has 10 heteroatoms. The van der Waals surface area contributed by atoms with Crippen molar-refractivity contribution < 1.29 is 28.5 Å². The number of hydrogen-bond acceptors (Lipinski definition) is 7. The van der Waals surface area contributed by atoms with Gasteiger partial charge in [0.05, 0.1) is 29.7 Å². The summed E-state index contributed by atoms with van der Waals surface area (Å²) in [7, 11) is 0. The molecule has 1 aliphatic rings. The molecule has 2 heterocycles. The molecule has 0 unspecified atom stereocenters. The summed E-state index contributed by atoms with van der Waals surface area (Å²) in [6.07, 6.45) is 3.46. The van der Waals surface area contributed by atoms with Crippen LogP contribution in [-0.2, 0) is 0 Å². The van der Waals surface area contributed by atoms with Crippen LogP contribution in [0, 0.1) is 17.6 Å². The summed E-state index contributed by atoms with van der Waals surface area (Å²) in [5, 5.41) is 23.4. The van der Waals surface area contributed by atoms with Crippen molar-refractivity contribution in [3.05, 3.63) is 65.6 Å². The standard InChI is InChI=1S/C27H30F2N4O4/c1-13(2)37-16-10-19(29)24(23(34)11-16)25-18(28)4-5-21(32-25)27(36)33-22-12-31-7-6-17(22)15-8-14(3)26(35)20(30)9-15/h4-7,10-15,20,26,34-35H,8-9,30H2,1-3H3,(H,33,36)/t14-,15+,20+,26-/m0/s1. The second-order valence-corrected chi connectivity index (χ2v) is 9.71. The number of aromatic nitrogens is 2. The predicted molar refractivity (Wildman–Crippen MR) is 134 cm³/mol. The van der Waals surface area contributed by atoms with Crippen LogP contribution in [0.4, 0.5) is 14.5 Å². The second kappa shape index (κ2) is 10.8. The van der Waals surface area contributed by atoms with Crippen molar-refractivity contribution in [3.63, 3.8) is 0 Å². The van der Waals surface area contributed by atoms with E-state index >= 15 is 0 Å². The lowest BCUT2D eigenvalue weighted by Crippen LogP contribution is -2.44. The third-order valence-corrected chi connectivity index (χ3v) is 6.51. The number of carbonyl (C=O) groups excluding carboxylic acids is 1. The van der Waals surface area contributed by atoms with Gasteiger partial charge in [0.15, 0.2) is 0 Å². The molecule has 37 heavy (non-hydrogen) atoms. The number of phenols is 1. The molecular weight excluding hydrogens is 482 g/mol. The van der Waals surface area contributed by atoms with E-state index in [2.05, 4.69) is 15.3 Å². The highest BCUT2D eigenvalue weighted by molar-refractivity contribution is 6.03. The van der Waals surface area contributed by atoms with Gasteiger partial charge < -0.3 is 26.0 Å². The topological polar surface area (TPSA) is 131 Å². The fraction of sp³-hybridized carbons (Fsp3) is 0.370. The molecule has 8 nitrogen and oxygen atoms in total. The van der Waals surface area contributed by atoms with E-state index in [-0.39, 0.29) is 29.4 Å². The first kappa shape index (κ1) is 26.4. The van der Waals surface area contributed by atoms with Crippen molar-refractivity contribution in [2.24, 2.45) is 11.7 Å². The lowest BCUT2D eigenvalue weighted by atomic mass is 9.74. The number of carbonyl (C=O) groups is 1. The van der Waals surface area contributed by atoms with Gasteiger partial charge >= 0.3 is 0 Å². The Labute approximate surface area is 213 Å². The van der Waals surface area contributed by atoms with E-state index in [1.807, 2.05) is 6.92 Å². The first-order valence-corrected chi connectivity index (χ1v) is 12.1. The van der Waals surface area contributed by atoms with Crippen LogP contribution in [0.5, 0.6) is 11.5 Å². The summed E-state index contributed by atoms with van der Waals surface area (Å²) in [4.78, 5) is 21.2. The fourth-order valence-corrected chi connectivity index (χ4v) is 4.77. The van der Waals surface area contributed by atoms with Crippen molar-refractivity contribution in [1.82, 2.24) is 9.97 Å². The zero-order valence-corrected chi connectivity index (χ0v) is 20.8. The number of aromatic hydroxyl groups is 1. The number of rotatable bonds is 6. The molecule has 5 N–H and O–H groups in total. The van der Waals surface area contributed by atoms with Crippen molar-refractivity contribution in [1.29, 1.82) is 0 Å². The van der Waals surface area contributed by atoms with Crippen molar-refractivity contribution in [2.75, 3.05) is 5.32 Å². The molecule has 0 radical (unpaired) electrons. The normalized spacial score (nSPS) is 21.6. The van der Waals surface area contributed by atoms with Gasteiger partial charge in [0.2, 0.25) is 0 Å². The summed E-state index contributed by atoms with van der Waals surface area (Å²) < 4.78 is 35.0. The van der Waals surface area contributed by atoms with E-state index in [0.717, 1.165) is 17.7 Å². The largest absolute Gasteiger partial charge is 0.507 e. The quantitative estimate of drug-likeness (QED) is 0.386. The molecule has 1 aromatic carbocycles. The van der Waals surface area contributed by atoms with Gasteiger partial charge in [0, 0.05) is 24.4 Å². The van der Waals surface area contributed by atoms with Crippen molar-refractivity contribution in [2.45, 2.75) is 57.8 Å². The number of hydrogen-bond donors (Lipinski definition) is 4. The number of benzene rings is 1. The summed E-state index contributed by atoms with van der Waals surface area (Å²) in [5.74, 6) is -3.04. The van der Waals surface area contributed by atoms with Crippen LogP contribution in [0.1, 0.15) is 55.6 Å². The zero-order chi connectivity index (χ0) is 26.9. The molecule has 3 aromatic rings. The number of ether oxygens (including phenoxy) is 1. The van der Waals surface area contributed by atoms with Gasteiger partial charge in [-0.05, 0) is 62.3 Å². The maximum Gasteiger partial charge on any atom is 0.274 e. The fourth-order valence-electron chi connectivity index (χ4n) is 4.77. The number of nitrogens with two attached hydrogens (primary N) is 1. The van der Waals surface area contributed by atoms with Gasteiger partial charge in [-0.15, -0.1) is 0 Å². The number of amides is 1. The van der Waals surface area contributed by atoms with Gasteiger partial charge in [-0.1, -0.05) is 6.92 Å². The first-order chi connectivity index (χ1) is 17.5. The molecule has 1 fully saturated rings. The molecule has 1 saturated carbocycles. The number of aliphatic hydroxyl groups excluding tert-OH is 1. The third-order valence-electron chi connectivity index (χ3n) is 6.51. The molecule has 196 valence electrons.